The lowest BCUT2D eigenvalue weighted by Crippen LogP contribution is -2.55. The Morgan fingerprint density at radius 2 is 1.62 bits per heavy atom. The van der Waals surface area contributed by atoms with Crippen LogP contribution in [-0.4, -0.2) is 81.6 Å². The van der Waals surface area contributed by atoms with Gasteiger partial charge in [0.2, 0.25) is 7.59 Å². The Labute approximate surface area is 222 Å². The summed E-state index contributed by atoms with van der Waals surface area (Å²) in [5.41, 5.74) is 1.09. The number of alkyl halides is 6. The maximum Gasteiger partial charge on any atom is 0.410 e. The number of nitrogens with one attached hydrogen (secondary N) is 1. The van der Waals surface area contributed by atoms with E-state index in [9.17, 15) is 4.79 Å². The number of benzene rings is 1. The Morgan fingerprint density at radius 1 is 1.03 bits per heavy atom. The van der Waals surface area contributed by atoms with Crippen LogP contribution in [0.25, 0.3) is 0 Å². The van der Waals surface area contributed by atoms with Crippen molar-refractivity contribution in [3.05, 3.63) is 34.9 Å². The molecule has 1 amide bonds. The summed E-state index contributed by atoms with van der Waals surface area (Å²) in [6, 6.07) is 7.72. The van der Waals surface area contributed by atoms with E-state index in [2.05, 4.69) is 10.2 Å². The van der Waals surface area contributed by atoms with E-state index in [-0.39, 0.29) is 12.1 Å². The molecule has 0 saturated carbocycles. The van der Waals surface area contributed by atoms with Crippen LogP contribution in [0.2, 0.25) is 5.02 Å². The minimum absolute atomic E-state index is 0.00617. The van der Waals surface area contributed by atoms with Crippen LogP contribution in [-0.2, 0) is 9.47 Å². The van der Waals surface area contributed by atoms with Gasteiger partial charge in [-0.1, -0.05) is 93.3 Å². The molecule has 3 rings (SSSR count). The summed E-state index contributed by atoms with van der Waals surface area (Å²) in [7, 11) is 0. The first-order valence-electron chi connectivity index (χ1n) is 9.87. The Bertz CT molecular complexity index is 745. The van der Waals surface area contributed by atoms with Crippen LogP contribution in [0.3, 0.4) is 0 Å². The minimum atomic E-state index is -2.10. The highest BCUT2D eigenvalue weighted by Gasteiger charge is 2.50. The molecule has 6 nitrogen and oxygen atoms in total. The second-order valence-electron chi connectivity index (χ2n) is 7.48. The molecule has 0 bridgehead atoms. The average molecular weight is 589 g/mol. The highest BCUT2D eigenvalue weighted by Crippen LogP contribution is 2.45. The normalized spacial score (nSPS) is 22.1. The third kappa shape index (κ3) is 7.20. The zero-order chi connectivity index (χ0) is 23.5. The quantitative estimate of drug-likeness (QED) is 0.489. The van der Waals surface area contributed by atoms with Crippen molar-refractivity contribution >= 4 is 87.3 Å². The van der Waals surface area contributed by atoms with Crippen molar-refractivity contribution in [1.29, 1.82) is 0 Å². The van der Waals surface area contributed by atoms with Gasteiger partial charge in [0.05, 0.1) is 18.8 Å². The minimum Gasteiger partial charge on any atom is -0.437 e. The molecular weight excluding hydrogens is 566 g/mol. The highest BCUT2D eigenvalue weighted by molar-refractivity contribution is 6.73. The number of amides is 1. The van der Waals surface area contributed by atoms with Crippen molar-refractivity contribution in [2.24, 2.45) is 0 Å². The summed E-state index contributed by atoms with van der Waals surface area (Å²) in [6.45, 7) is 4.10. The summed E-state index contributed by atoms with van der Waals surface area (Å²) in [6.07, 6.45) is -2.33. The van der Waals surface area contributed by atoms with E-state index in [0.29, 0.717) is 37.8 Å². The van der Waals surface area contributed by atoms with Gasteiger partial charge in [0.15, 0.2) is 6.10 Å². The van der Waals surface area contributed by atoms with Gasteiger partial charge >= 0.3 is 6.09 Å². The number of hydrogen-bond donors (Lipinski definition) is 1. The zero-order valence-electron chi connectivity index (χ0n) is 16.8. The van der Waals surface area contributed by atoms with Crippen LogP contribution in [0, 0.1) is 0 Å². The smallest absolute Gasteiger partial charge is 0.410 e. The Kier molecular flexibility index (Phi) is 9.64. The molecule has 0 aliphatic carbocycles. The monoisotopic (exact) mass is 585 g/mol. The standard InChI is InChI=1S/C19H22Cl7N3O3/c20-13-3-1-12(2-4-13)15(14-11-27-5-10-31-14)28-6-8-29(9-7-28)17(30)32-16(18(21,22)23)19(24,25)26/h1-4,14-16,27H,5-11H2. The molecule has 2 fully saturated rings. The van der Waals surface area contributed by atoms with Gasteiger partial charge in [-0.05, 0) is 17.7 Å². The van der Waals surface area contributed by atoms with Gasteiger partial charge in [-0.15, -0.1) is 0 Å². The topological polar surface area (TPSA) is 54.0 Å². The molecule has 1 aromatic rings. The van der Waals surface area contributed by atoms with Gasteiger partial charge in [0.1, 0.15) is 0 Å². The second-order valence-corrected chi connectivity index (χ2v) is 12.7. The van der Waals surface area contributed by atoms with Gasteiger partial charge in [-0.25, -0.2) is 4.79 Å². The number of carbonyl (C=O) groups is 1. The third-order valence-corrected chi connectivity index (χ3v) is 6.74. The summed E-state index contributed by atoms with van der Waals surface area (Å²) in [5.74, 6) is 0. The highest BCUT2D eigenvalue weighted by atomic mass is 35.6. The van der Waals surface area contributed by atoms with Crippen molar-refractivity contribution in [3.63, 3.8) is 0 Å². The fraction of sp³-hybridized carbons (Fsp3) is 0.632. The van der Waals surface area contributed by atoms with Gasteiger partial charge < -0.3 is 19.7 Å². The van der Waals surface area contributed by atoms with E-state index in [0.717, 1.165) is 18.7 Å². The summed E-state index contributed by atoms with van der Waals surface area (Å²) < 4.78 is 7.10. The number of hydrogen-bond acceptors (Lipinski definition) is 5. The van der Waals surface area contributed by atoms with Crippen LogP contribution in [0.4, 0.5) is 4.79 Å². The molecule has 2 aliphatic rings. The van der Waals surface area contributed by atoms with Gasteiger partial charge in [0, 0.05) is 44.3 Å². The van der Waals surface area contributed by atoms with Crippen molar-refractivity contribution < 1.29 is 14.3 Å². The van der Waals surface area contributed by atoms with Crippen LogP contribution < -0.4 is 5.32 Å². The molecule has 2 heterocycles. The lowest BCUT2D eigenvalue weighted by molar-refractivity contribution is -0.0446. The molecular formula is C19H22Cl7N3O3. The van der Waals surface area contributed by atoms with E-state index in [1.165, 1.54) is 4.90 Å². The first-order valence-corrected chi connectivity index (χ1v) is 12.5. The second kappa shape index (κ2) is 11.4. The molecule has 2 aliphatic heterocycles. The predicted octanol–water partition coefficient (Wildman–Crippen LogP) is 5.23. The third-order valence-electron chi connectivity index (χ3n) is 5.30. The summed E-state index contributed by atoms with van der Waals surface area (Å²) >= 11 is 41.1. The molecule has 0 aromatic heterocycles. The fourth-order valence-corrected chi connectivity index (χ4v) is 5.66. The molecule has 0 spiro atoms. The van der Waals surface area contributed by atoms with Crippen LogP contribution in [0.15, 0.2) is 24.3 Å². The van der Waals surface area contributed by atoms with Crippen LogP contribution in [0.1, 0.15) is 11.6 Å². The van der Waals surface area contributed by atoms with Gasteiger partial charge in [-0.2, -0.15) is 0 Å². The van der Waals surface area contributed by atoms with E-state index in [4.69, 9.17) is 90.7 Å². The lowest BCUT2D eigenvalue weighted by atomic mass is 9.97. The Balaban J connectivity index is 1.67. The number of rotatable bonds is 4. The molecule has 180 valence electrons. The van der Waals surface area contributed by atoms with Crippen LogP contribution in [0.5, 0.6) is 0 Å². The van der Waals surface area contributed by atoms with E-state index >= 15 is 0 Å². The van der Waals surface area contributed by atoms with E-state index in [1.807, 2.05) is 24.3 Å². The molecule has 32 heavy (non-hydrogen) atoms. The number of nitrogens with zero attached hydrogens (tertiary/aromatic N) is 2. The fourth-order valence-electron chi connectivity index (χ4n) is 3.79. The average Bonchev–Trinajstić information content (AvgIpc) is 2.73. The number of halogens is 7. The first-order chi connectivity index (χ1) is 15.0. The van der Waals surface area contributed by atoms with E-state index < -0.39 is 19.8 Å². The molecule has 13 heteroatoms. The maximum atomic E-state index is 12.7. The maximum absolute atomic E-state index is 12.7. The number of morpholine rings is 1. The molecule has 0 radical (unpaired) electrons. The van der Waals surface area contributed by atoms with Gasteiger partial charge in [-0.3, -0.25) is 4.90 Å². The molecule has 2 saturated heterocycles. The van der Waals surface area contributed by atoms with Gasteiger partial charge in [0.25, 0.3) is 0 Å². The Morgan fingerprint density at radius 3 is 2.12 bits per heavy atom. The predicted molar refractivity (Wildman–Crippen MR) is 131 cm³/mol. The Hall–Kier alpha value is 0.400. The lowest BCUT2D eigenvalue weighted by Gasteiger charge is -2.43. The number of carbonyl (C=O) groups excluding carboxylic acids is 1. The first kappa shape index (κ1) is 27.0. The molecule has 1 N–H and O–H groups in total. The molecule has 2 atom stereocenters. The summed E-state index contributed by atoms with van der Waals surface area (Å²) in [4.78, 5) is 16.4. The number of ether oxygens (including phenoxy) is 2. The SMILES string of the molecule is O=C(OC(C(Cl)(Cl)Cl)C(Cl)(Cl)Cl)N1CCN(C(c2ccc(Cl)cc2)C2CNCCO2)CC1. The van der Waals surface area contributed by atoms with E-state index in [1.54, 1.807) is 0 Å². The van der Waals surface area contributed by atoms with Crippen molar-refractivity contribution in [2.75, 3.05) is 45.9 Å². The summed E-state index contributed by atoms with van der Waals surface area (Å²) in [5, 5.41) is 4.04. The van der Waals surface area contributed by atoms with Crippen molar-refractivity contribution in [3.8, 4) is 0 Å². The van der Waals surface area contributed by atoms with Crippen molar-refractivity contribution in [2.45, 2.75) is 25.8 Å². The van der Waals surface area contributed by atoms with Crippen LogP contribution >= 0.6 is 81.2 Å². The van der Waals surface area contributed by atoms with Crippen molar-refractivity contribution in [1.82, 2.24) is 15.1 Å². The zero-order valence-corrected chi connectivity index (χ0v) is 22.0. The molecule has 1 aromatic carbocycles. The largest absolute Gasteiger partial charge is 0.437 e. The molecule has 2 unspecified atom stereocenters. The number of piperazine rings is 1.